The molecule has 2 amide bonds. The van der Waals surface area contributed by atoms with Crippen molar-refractivity contribution in [3.63, 3.8) is 0 Å². The maximum absolute atomic E-state index is 12.7. The first-order chi connectivity index (χ1) is 12.1. The monoisotopic (exact) mass is 358 g/mol. The fraction of sp³-hybridized carbons (Fsp3) is 0.368. The van der Waals surface area contributed by atoms with Gasteiger partial charge in [0.05, 0.1) is 19.3 Å². The number of hydrogen-bond acceptors (Lipinski definition) is 4. The van der Waals surface area contributed by atoms with Crippen LogP contribution in [0.25, 0.3) is 0 Å². The zero-order valence-electron chi connectivity index (χ0n) is 14.2. The summed E-state index contributed by atoms with van der Waals surface area (Å²) < 4.78 is 5.38. The van der Waals surface area contributed by atoms with Crippen molar-refractivity contribution < 1.29 is 14.3 Å². The molecule has 1 atom stereocenters. The van der Waals surface area contributed by atoms with Gasteiger partial charge in [-0.05, 0) is 43.0 Å². The zero-order valence-corrected chi connectivity index (χ0v) is 15.1. The first-order valence-corrected chi connectivity index (χ1v) is 9.32. The fourth-order valence-electron chi connectivity index (χ4n) is 2.84. The maximum Gasteiger partial charge on any atom is 0.254 e. The van der Waals surface area contributed by atoms with Crippen molar-refractivity contribution >= 4 is 28.8 Å². The summed E-state index contributed by atoms with van der Waals surface area (Å²) in [6.45, 7) is 3.70. The average molecular weight is 358 g/mol. The van der Waals surface area contributed by atoms with Crippen molar-refractivity contribution in [1.29, 1.82) is 0 Å². The summed E-state index contributed by atoms with van der Waals surface area (Å²) in [5.41, 5.74) is 1.24. The van der Waals surface area contributed by atoms with Gasteiger partial charge in [0.25, 0.3) is 5.91 Å². The molecule has 0 aliphatic carbocycles. The van der Waals surface area contributed by atoms with Crippen molar-refractivity contribution in [2.75, 3.05) is 25.1 Å². The molecule has 1 unspecified atom stereocenters. The quantitative estimate of drug-likeness (QED) is 0.893. The smallest absolute Gasteiger partial charge is 0.254 e. The van der Waals surface area contributed by atoms with E-state index in [1.54, 1.807) is 29.5 Å². The molecule has 2 heterocycles. The number of anilines is 1. The highest BCUT2D eigenvalue weighted by Crippen LogP contribution is 2.17. The van der Waals surface area contributed by atoms with Gasteiger partial charge in [-0.3, -0.25) is 9.59 Å². The summed E-state index contributed by atoms with van der Waals surface area (Å²) in [6.07, 6.45) is 1.16. The third-order valence-corrected chi connectivity index (χ3v) is 5.14. The van der Waals surface area contributed by atoms with Crippen LogP contribution in [-0.2, 0) is 16.0 Å². The van der Waals surface area contributed by atoms with Crippen LogP contribution in [0.1, 0.15) is 28.6 Å². The minimum atomic E-state index is -0.0438. The van der Waals surface area contributed by atoms with Gasteiger partial charge in [-0.2, -0.15) is 0 Å². The normalized spacial score (nSPS) is 17.3. The Morgan fingerprint density at radius 2 is 2.20 bits per heavy atom. The van der Waals surface area contributed by atoms with Gasteiger partial charge in [-0.25, -0.2) is 0 Å². The number of aryl methyl sites for hydroxylation is 1. The summed E-state index contributed by atoms with van der Waals surface area (Å²) in [6, 6.07) is 11.2. The van der Waals surface area contributed by atoms with Gasteiger partial charge in [-0.1, -0.05) is 12.1 Å². The van der Waals surface area contributed by atoms with Crippen LogP contribution in [0.5, 0.6) is 0 Å². The molecule has 1 aliphatic heterocycles. The molecule has 132 valence electrons. The van der Waals surface area contributed by atoms with Gasteiger partial charge in [-0.15, -0.1) is 11.3 Å². The molecule has 1 aromatic heterocycles. The number of nitrogens with zero attached hydrogens (tertiary/aromatic N) is 1. The molecule has 25 heavy (non-hydrogen) atoms. The highest BCUT2D eigenvalue weighted by atomic mass is 32.1. The molecular weight excluding hydrogens is 336 g/mol. The van der Waals surface area contributed by atoms with Gasteiger partial charge in [0.15, 0.2) is 0 Å². The standard InChI is InChI=1S/C19H22N2O3S/c1-14-13-24-10-9-21(14)19(23)15-4-2-5-16(12-15)20-18(22)8-7-17-6-3-11-25-17/h2-6,11-12,14H,7-10,13H2,1H3,(H,20,22). The molecule has 1 aromatic carbocycles. The number of carbonyl (C=O) groups excluding carboxylic acids is 2. The Hall–Kier alpha value is -2.18. The molecule has 6 heteroatoms. The Bertz CT molecular complexity index is 730. The SMILES string of the molecule is CC1COCCN1C(=O)c1cccc(NC(=O)CCc2cccs2)c1. The third kappa shape index (κ3) is 4.67. The average Bonchev–Trinajstić information content (AvgIpc) is 3.14. The van der Waals surface area contributed by atoms with Crippen molar-refractivity contribution in [2.24, 2.45) is 0 Å². The second kappa shape index (κ2) is 8.27. The third-order valence-electron chi connectivity index (χ3n) is 4.20. The fourth-order valence-corrected chi connectivity index (χ4v) is 3.55. The van der Waals surface area contributed by atoms with Crippen LogP contribution in [0.3, 0.4) is 0 Å². The van der Waals surface area contributed by atoms with Crippen LogP contribution in [-0.4, -0.2) is 42.5 Å². The molecule has 0 saturated carbocycles. The minimum Gasteiger partial charge on any atom is -0.377 e. The molecule has 3 rings (SSSR count). The maximum atomic E-state index is 12.7. The van der Waals surface area contributed by atoms with Gasteiger partial charge in [0, 0.05) is 29.1 Å². The number of carbonyl (C=O) groups is 2. The lowest BCUT2D eigenvalue weighted by Gasteiger charge is -2.33. The number of ether oxygens (including phenoxy) is 1. The van der Waals surface area contributed by atoms with Crippen molar-refractivity contribution in [1.82, 2.24) is 4.90 Å². The molecule has 5 nitrogen and oxygen atoms in total. The lowest BCUT2D eigenvalue weighted by atomic mass is 10.1. The highest BCUT2D eigenvalue weighted by Gasteiger charge is 2.24. The van der Waals surface area contributed by atoms with Crippen LogP contribution in [0.4, 0.5) is 5.69 Å². The second-order valence-corrected chi connectivity index (χ2v) is 7.16. The van der Waals surface area contributed by atoms with Crippen LogP contribution >= 0.6 is 11.3 Å². The molecule has 2 aromatic rings. The number of thiophene rings is 1. The number of hydrogen-bond donors (Lipinski definition) is 1. The van der Waals surface area contributed by atoms with Gasteiger partial charge >= 0.3 is 0 Å². The van der Waals surface area contributed by atoms with Crippen molar-refractivity contribution in [3.05, 3.63) is 52.2 Å². The van der Waals surface area contributed by atoms with E-state index in [1.165, 1.54) is 4.88 Å². The molecule has 1 N–H and O–H groups in total. The second-order valence-electron chi connectivity index (χ2n) is 6.13. The predicted octanol–water partition coefficient (Wildman–Crippen LogP) is 3.18. The largest absolute Gasteiger partial charge is 0.377 e. The van der Waals surface area contributed by atoms with Gasteiger partial charge in [0.2, 0.25) is 5.91 Å². The summed E-state index contributed by atoms with van der Waals surface area (Å²) in [4.78, 5) is 27.8. The van der Waals surface area contributed by atoms with E-state index in [9.17, 15) is 9.59 Å². The lowest BCUT2D eigenvalue weighted by Crippen LogP contribution is -2.47. The summed E-state index contributed by atoms with van der Waals surface area (Å²) >= 11 is 1.65. The zero-order chi connectivity index (χ0) is 17.6. The molecule has 1 fully saturated rings. The van der Waals surface area contributed by atoms with Crippen LogP contribution < -0.4 is 5.32 Å². The summed E-state index contributed by atoms with van der Waals surface area (Å²) in [7, 11) is 0. The molecule has 1 saturated heterocycles. The first kappa shape index (κ1) is 17.6. The van der Waals surface area contributed by atoms with Gasteiger partial charge < -0.3 is 15.0 Å². The Balaban J connectivity index is 1.60. The molecule has 0 spiro atoms. The number of benzene rings is 1. The summed E-state index contributed by atoms with van der Waals surface area (Å²) in [5, 5.41) is 4.89. The van der Waals surface area contributed by atoms with Crippen LogP contribution in [0, 0.1) is 0 Å². The van der Waals surface area contributed by atoms with E-state index in [4.69, 9.17) is 4.74 Å². The predicted molar refractivity (Wildman–Crippen MR) is 99.0 cm³/mol. The van der Waals surface area contributed by atoms with E-state index in [1.807, 2.05) is 35.4 Å². The highest BCUT2D eigenvalue weighted by molar-refractivity contribution is 7.09. The number of nitrogens with one attached hydrogen (secondary N) is 1. The Morgan fingerprint density at radius 3 is 2.96 bits per heavy atom. The molecule has 1 aliphatic rings. The van der Waals surface area contributed by atoms with Crippen molar-refractivity contribution in [2.45, 2.75) is 25.8 Å². The van der Waals surface area contributed by atoms with E-state index in [0.717, 1.165) is 6.42 Å². The molecular formula is C19H22N2O3S. The number of morpholine rings is 1. The van der Waals surface area contributed by atoms with E-state index < -0.39 is 0 Å². The van der Waals surface area contributed by atoms with Crippen LogP contribution in [0.2, 0.25) is 0 Å². The van der Waals surface area contributed by atoms with Crippen molar-refractivity contribution in [3.8, 4) is 0 Å². The first-order valence-electron chi connectivity index (χ1n) is 8.44. The molecule has 0 bridgehead atoms. The Kier molecular flexibility index (Phi) is 5.83. The molecule has 0 radical (unpaired) electrons. The lowest BCUT2D eigenvalue weighted by molar-refractivity contribution is -0.116. The van der Waals surface area contributed by atoms with E-state index in [2.05, 4.69) is 5.32 Å². The minimum absolute atomic E-state index is 0.0227. The topological polar surface area (TPSA) is 58.6 Å². The van der Waals surface area contributed by atoms with Gasteiger partial charge in [0.1, 0.15) is 0 Å². The Labute approximate surface area is 151 Å². The Morgan fingerprint density at radius 1 is 1.32 bits per heavy atom. The number of amides is 2. The van der Waals surface area contributed by atoms with E-state index in [0.29, 0.717) is 37.4 Å². The van der Waals surface area contributed by atoms with E-state index in [-0.39, 0.29) is 17.9 Å². The summed E-state index contributed by atoms with van der Waals surface area (Å²) in [5.74, 6) is -0.0665. The number of rotatable bonds is 5. The van der Waals surface area contributed by atoms with Crippen LogP contribution in [0.15, 0.2) is 41.8 Å². The van der Waals surface area contributed by atoms with E-state index >= 15 is 0 Å².